The van der Waals surface area contributed by atoms with E-state index in [4.69, 9.17) is 5.73 Å². The Hall–Kier alpha value is -0.120. The first-order valence-corrected chi connectivity index (χ1v) is 14.8. The van der Waals surface area contributed by atoms with Gasteiger partial charge in [0.05, 0.1) is 6.10 Å². The first-order chi connectivity index (χ1) is 15.7. The molecule has 0 aromatic carbocycles. The fraction of sp³-hybridized carbons (Fsp3) is 1.00. The topological polar surface area (TPSA) is 58.3 Å². The van der Waals surface area contributed by atoms with Gasteiger partial charge in [-0.15, -0.1) is 0 Å². The minimum Gasteiger partial charge on any atom is -0.393 e. The second-order valence-corrected chi connectivity index (χ2v) is 13.9. The maximum absolute atomic E-state index is 10.5. The summed E-state index contributed by atoms with van der Waals surface area (Å²) in [7, 11) is 0. The molecule has 0 aromatic rings. The van der Waals surface area contributed by atoms with Gasteiger partial charge in [-0.05, 0) is 123 Å². The smallest absolute Gasteiger partial charge is 0.0543 e. The highest BCUT2D eigenvalue weighted by Crippen LogP contribution is 2.68. The van der Waals surface area contributed by atoms with Crippen molar-refractivity contribution in [2.75, 3.05) is 13.1 Å². The summed E-state index contributed by atoms with van der Waals surface area (Å²) in [6.45, 7) is 14.5. The molecule has 0 bridgehead atoms. The molecule has 0 aromatic heterocycles. The van der Waals surface area contributed by atoms with E-state index in [1.807, 2.05) is 0 Å². The van der Waals surface area contributed by atoms with E-state index in [2.05, 4.69) is 39.9 Å². The van der Waals surface area contributed by atoms with Crippen LogP contribution in [0, 0.1) is 52.3 Å². The van der Waals surface area contributed by atoms with Crippen LogP contribution in [0.15, 0.2) is 0 Å². The van der Waals surface area contributed by atoms with Crippen molar-refractivity contribution in [2.24, 2.45) is 58.0 Å². The third-order valence-electron chi connectivity index (χ3n) is 11.7. The molecule has 0 heterocycles. The molecular weight excluding hydrogens is 404 g/mol. The number of aliphatic hydroxyl groups is 1. The molecule has 4 unspecified atom stereocenters. The predicted molar refractivity (Wildman–Crippen MR) is 140 cm³/mol. The van der Waals surface area contributed by atoms with Gasteiger partial charge < -0.3 is 16.2 Å². The van der Waals surface area contributed by atoms with Crippen LogP contribution in [0.25, 0.3) is 0 Å². The Bertz CT molecular complexity index is 637. The number of hydrogen-bond donors (Lipinski definition) is 3. The first kappa shape index (κ1) is 26.0. The lowest BCUT2D eigenvalue weighted by Crippen LogP contribution is -2.61. The largest absolute Gasteiger partial charge is 0.393 e. The average molecular weight is 461 g/mol. The fourth-order valence-electron chi connectivity index (χ4n) is 9.87. The van der Waals surface area contributed by atoms with E-state index in [1.54, 1.807) is 0 Å². The minimum atomic E-state index is -0.0688. The van der Waals surface area contributed by atoms with E-state index >= 15 is 0 Å². The van der Waals surface area contributed by atoms with E-state index in [9.17, 15) is 5.11 Å². The zero-order valence-electron chi connectivity index (χ0n) is 22.6. The van der Waals surface area contributed by atoms with Crippen LogP contribution in [0.4, 0.5) is 0 Å². The van der Waals surface area contributed by atoms with Gasteiger partial charge in [0.2, 0.25) is 0 Å². The van der Waals surface area contributed by atoms with Gasteiger partial charge in [-0.2, -0.15) is 0 Å². The van der Waals surface area contributed by atoms with Crippen molar-refractivity contribution in [1.82, 2.24) is 5.32 Å². The average Bonchev–Trinajstić information content (AvgIpc) is 3.11. The predicted octanol–water partition coefficient (Wildman–Crippen LogP) is 6.39. The Labute approximate surface area is 205 Å². The molecule has 4 aliphatic rings. The van der Waals surface area contributed by atoms with Gasteiger partial charge in [0.1, 0.15) is 0 Å². The third kappa shape index (κ3) is 4.94. The summed E-state index contributed by atoms with van der Waals surface area (Å²) in [5, 5.41) is 14.6. The zero-order chi connectivity index (χ0) is 23.8. The van der Waals surface area contributed by atoms with Gasteiger partial charge in [-0.25, -0.2) is 0 Å². The molecule has 0 radical (unpaired) electrons. The molecule has 0 saturated heterocycles. The van der Waals surface area contributed by atoms with Crippen molar-refractivity contribution in [3.8, 4) is 0 Å². The Morgan fingerprint density at radius 3 is 2.36 bits per heavy atom. The van der Waals surface area contributed by atoms with Crippen LogP contribution >= 0.6 is 0 Å². The summed E-state index contributed by atoms with van der Waals surface area (Å²) in [6, 6.07) is 0.629. The molecule has 4 fully saturated rings. The zero-order valence-corrected chi connectivity index (χ0v) is 22.6. The SMILES string of the molecule is CC(C)CCC[C@@H](C)[C@H]1CCC2C3C(CC[C@@]21C)[C@@]1(C)CC[C@H](O)CC1C[C@@H]3NCCCN. The third-order valence-corrected chi connectivity index (χ3v) is 11.7. The number of nitrogens with two attached hydrogens (primary N) is 1. The highest BCUT2D eigenvalue weighted by molar-refractivity contribution is 5.13. The molecule has 3 nitrogen and oxygen atoms in total. The lowest BCUT2D eigenvalue weighted by molar-refractivity contribution is -0.141. The van der Waals surface area contributed by atoms with Crippen LogP contribution in [-0.2, 0) is 0 Å². The highest BCUT2D eigenvalue weighted by Gasteiger charge is 2.62. The number of fused-ring (bicyclic) bond motifs is 5. The van der Waals surface area contributed by atoms with Gasteiger partial charge in [-0.3, -0.25) is 0 Å². The molecule has 0 aliphatic heterocycles. The highest BCUT2D eigenvalue weighted by atomic mass is 16.3. The summed E-state index contributed by atoms with van der Waals surface area (Å²) in [5.41, 5.74) is 6.84. The molecule has 0 spiro atoms. The van der Waals surface area contributed by atoms with Crippen molar-refractivity contribution in [3.05, 3.63) is 0 Å². The lowest BCUT2D eigenvalue weighted by atomic mass is 9.43. The Morgan fingerprint density at radius 1 is 0.909 bits per heavy atom. The van der Waals surface area contributed by atoms with E-state index in [0.29, 0.717) is 22.8 Å². The molecule has 3 heteroatoms. The van der Waals surface area contributed by atoms with Crippen LogP contribution in [-0.4, -0.2) is 30.3 Å². The summed E-state index contributed by atoms with van der Waals surface area (Å²) < 4.78 is 0. The van der Waals surface area contributed by atoms with Crippen molar-refractivity contribution >= 4 is 0 Å². The van der Waals surface area contributed by atoms with Crippen LogP contribution in [0.2, 0.25) is 0 Å². The summed E-state index contributed by atoms with van der Waals surface area (Å²) in [4.78, 5) is 0. The maximum Gasteiger partial charge on any atom is 0.0543 e. The monoisotopic (exact) mass is 460 g/mol. The van der Waals surface area contributed by atoms with Crippen molar-refractivity contribution in [3.63, 3.8) is 0 Å². The molecule has 0 amide bonds. The molecule has 192 valence electrons. The van der Waals surface area contributed by atoms with E-state index < -0.39 is 0 Å². The van der Waals surface area contributed by atoms with E-state index in [-0.39, 0.29) is 6.10 Å². The van der Waals surface area contributed by atoms with Gasteiger partial charge in [0.15, 0.2) is 0 Å². The van der Waals surface area contributed by atoms with Gasteiger partial charge in [0, 0.05) is 6.04 Å². The van der Waals surface area contributed by atoms with Crippen molar-refractivity contribution < 1.29 is 5.11 Å². The Balaban J connectivity index is 1.54. The van der Waals surface area contributed by atoms with E-state index in [0.717, 1.165) is 67.9 Å². The first-order valence-electron chi connectivity index (χ1n) is 14.8. The van der Waals surface area contributed by atoms with Crippen LogP contribution in [0.1, 0.15) is 112 Å². The summed E-state index contributed by atoms with van der Waals surface area (Å²) >= 11 is 0. The number of nitrogens with one attached hydrogen (secondary N) is 1. The fourth-order valence-corrected chi connectivity index (χ4v) is 9.87. The van der Waals surface area contributed by atoms with Gasteiger partial charge >= 0.3 is 0 Å². The summed E-state index contributed by atoms with van der Waals surface area (Å²) in [6.07, 6.45) is 15.6. The molecule has 4 aliphatic carbocycles. The van der Waals surface area contributed by atoms with Crippen LogP contribution in [0.3, 0.4) is 0 Å². The van der Waals surface area contributed by atoms with Gasteiger partial charge in [0.25, 0.3) is 0 Å². The molecule has 4 saturated carbocycles. The quantitative estimate of drug-likeness (QED) is 0.350. The number of aliphatic hydroxyl groups excluding tert-OH is 1. The minimum absolute atomic E-state index is 0.0688. The Morgan fingerprint density at radius 2 is 1.64 bits per heavy atom. The maximum atomic E-state index is 10.5. The van der Waals surface area contributed by atoms with E-state index in [1.165, 1.54) is 57.8 Å². The molecule has 4 rings (SSSR count). The van der Waals surface area contributed by atoms with Crippen molar-refractivity contribution in [2.45, 2.75) is 124 Å². The van der Waals surface area contributed by atoms with Gasteiger partial charge in [-0.1, -0.05) is 53.9 Å². The second-order valence-electron chi connectivity index (χ2n) is 13.9. The second kappa shape index (κ2) is 10.5. The molecule has 10 atom stereocenters. The number of hydrogen-bond acceptors (Lipinski definition) is 3. The standard InChI is InChI=1S/C30H56N2O/c1-20(2)8-6-9-21(3)24-10-11-25-28-26(13-15-30(24,25)5)29(4)14-12-23(33)18-22(29)19-27(28)32-17-7-16-31/h20-28,32-33H,6-19,31H2,1-5H3/t21-,22?,23+,24-,25?,26?,27+,28?,29+,30-/m1/s1. The molecule has 4 N–H and O–H groups in total. The Kier molecular flexibility index (Phi) is 8.24. The molecular formula is C30H56N2O. The molecule has 33 heavy (non-hydrogen) atoms. The van der Waals surface area contributed by atoms with Crippen molar-refractivity contribution in [1.29, 1.82) is 0 Å². The lowest BCUT2D eigenvalue weighted by Gasteiger charge is -2.63. The van der Waals surface area contributed by atoms with Crippen LogP contribution < -0.4 is 11.1 Å². The summed E-state index contributed by atoms with van der Waals surface area (Å²) in [5.74, 6) is 5.86. The van der Waals surface area contributed by atoms with Crippen LogP contribution in [0.5, 0.6) is 0 Å². The number of rotatable bonds is 9. The normalized spacial score (nSPS) is 46.0.